The van der Waals surface area contributed by atoms with Crippen molar-refractivity contribution in [2.24, 2.45) is 0 Å². The number of nitrogens with one attached hydrogen (secondary N) is 1. The topological polar surface area (TPSA) is 64.6 Å². The second-order valence-electron chi connectivity index (χ2n) is 3.68. The van der Waals surface area contributed by atoms with Crippen LogP contribution in [0.4, 0.5) is 4.79 Å². The van der Waals surface area contributed by atoms with E-state index in [0.29, 0.717) is 0 Å². The fourth-order valence-corrected chi connectivity index (χ4v) is 1.27. The van der Waals surface area contributed by atoms with Gasteiger partial charge < -0.3 is 14.8 Å². The van der Waals surface area contributed by atoms with Crippen LogP contribution in [-0.2, 0) is 20.9 Å². The summed E-state index contributed by atoms with van der Waals surface area (Å²) in [6.45, 7) is 3.70. The molecular weight excluding hydrogens is 234 g/mol. The number of rotatable bonds is 5. The SMILES string of the molecule is CCOC(=O)[C@@H](C)NC(=O)OCc1ccccc1. The van der Waals surface area contributed by atoms with Gasteiger partial charge >= 0.3 is 12.1 Å². The minimum Gasteiger partial charge on any atom is -0.464 e. The Kier molecular flexibility index (Phi) is 5.70. The molecule has 1 aromatic carbocycles. The predicted octanol–water partition coefficient (Wildman–Crippen LogP) is 1.86. The highest BCUT2D eigenvalue weighted by atomic mass is 16.6. The molecule has 0 spiro atoms. The lowest BCUT2D eigenvalue weighted by Gasteiger charge is -2.12. The van der Waals surface area contributed by atoms with Gasteiger partial charge in [-0.25, -0.2) is 9.59 Å². The Morgan fingerprint density at radius 3 is 2.50 bits per heavy atom. The summed E-state index contributed by atoms with van der Waals surface area (Å²) in [4.78, 5) is 22.7. The molecule has 0 bridgehead atoms. The van der Waals surface area contributed by atoms with E-state index in [1.165, 1.54) is 0 Å². The molecule has 0 fully saturated rings. The van der Waals surface area contributed by atoms with Crippen LogP contribution >= 0.6 is 0 Å². The molecule has 1 N–H and O–H groups in total. The molecule has 1 atom stereocenters. The van der Waals surface area contributed by atoms with E-state index in [4.69, 9.17) is 9.47 Å². The van der Waals surface area contributed by atoms with E-state index >= 15 is 0 Å². The number of hydrogen-bond acceptors (Lipinski definition) is 4. The Balaban J connectivity index is 2.31. The molecule has 0 aliphatic heterocycles. The summed E-state index contributed by atoms with van der Waals surface area (Å²) < 4.78 is 9.73. The van der Waals surface area contributed by atoms with E-state index < -0.39 is 18.1 Å². The second-order valence-corrected chi connectivity index (χ2v) is 3.68. The maximum Gasteiger partial charge on any atom is 0.408 e. The number of amides is 1. The van der Waals surface area contributed by atoms with Crippen molar-refractivity contribution in [1.82, 2.24) is 5.32 Å². The zero-order chi connectivity index (χ0) is 13.4. The number of carbonyl (C=O) groups is 2. The molecule has 1 aromatic rings. The maximum absolute atomic E-state index is 11.4. The van der Waals surface area contributed by atoms with Crippen molar-refractivity contribution < 1.29 is 19.1 Å². The van der Waals surface area contributed by atoms with Gasteiger partial charge in [0.2, 0.25) is 0 Å². The van der Waals surface area contributed by atoms with E-state index in [-0.39, 0.29) is 13.2 Å². The average Bonchev–Trinajstić information content (AvgIpc) is 2.38. The summed E-state index contributed by atoms with van der Waals surface area (Å²) in [5.41, 5.74) is 0.886. The van der Waals surface area contributed by atoms with Gasteiger partial charge in [0, 0.05) is 0 Å². The van der Waals surface area contributed by atoms with E-state index in [0.717, 1.165) is 5.56 Å². The lowest BCUT2D eigenvalue weighted by Crippen LogP contribution is -2.39. The van der Waals surface area contributed by atoms with Crippen LogP contribution in [0.25, 0.3) is 0 Å². The molecule has 0 saturated carbocycles. The third-order valence-corrected chi connectivity index (χ3v) is 2.19. The normalized spacial score (nSPS) is 11.4. The number of hydrogen-bond donors (Lipinski definition) is 1. The van der Waals surface area contributed by atoms with Crippen LogP contribution < -0.4 is 5.32 Å². The average molecular weight is 251 g/mol. The molecule has 0 heterocycles. The third-order valence-electron chi connectivity index (χ3n) is 2.19. The highest BCUT2D eigenvalue weighted by molar-refractivity contribution is 5.80. The molecule has 0 radical (unpaired) electrons. The zero-order valence-electron chi connectivity index (χ0n) is 10.5. The Morgan fingerprint density at radius 1 is 1.22 bits per heavy atom. The van der Waals surface area contributed by atoms with Crippen LogP contribution in [0.2, 0.25) is 0 Å². The van der Waals surface area contributed by atoms with Gasteiger partial charge in [-0.1, -0.05) is 30.3 Å². The number of carbonyl (C=O) groups excluding carboxylic acids is 2. The summed E-state index contributed by atoms with van der Waals surface area (Å²) in [5.74, 6) is -0.478. The maximum atomic E-state index is 11.4. The number of benzene rings is 1. The van der Waals surface area contributed by atoms with Gasteiger partial charge in [-0.3, -0.25) is 0 Å². The Bertz CT molecular complexity index is 391. The van der Waals surface area contributed by atoms with E-state index in [2.05, 4.69) is 5.32 Å². The van der Waals surface area contributed by atoms with Crippen molar-refractivity contribution in [3.05, 3.63) is 35.9 Å². The first-order valence-corrected chi connectivity index (χ1v) is 5.77. The second kappa shape index (κ2) is 7.32. The van der Waals surface area contributed by atoms with Crippen LogP contribution in [0.5, 0.6) is 0 Å². The predicted molar refractivity (Wildman–Crippen MR) is 65.9 cm³/mol. The van der Waals surface area contributed by atoms with Crippen LogP contribution in [0.3, 0.4) is 0 Å². The molecule has 1 rings (SSSR count). The fourth-order valence-electron chi connectivity index (χ4n) is 1.27. The molecular formula is C13H17NO4. The monoisotopic (exact) mass is 251 g/mol. The highest BCUT2D eigenvalue weighted by Gasteiger charge is 2.16. The molecule has 98 valence electrons. The first kappa shape index (κ1) is 14.0. The van der Waals surface area contributed by atoms with E-state index in [9.17, 15) is 9.59 Å². The highest BCUT2D eigenvalue weighted by Crippen LogP contribution is 2.00. The van der Waals surface area contributed by atoms with Crippen LogP contribution in [0, 0.1) is 0 Å². The Labute approximate surface area is 106 Å². The van der Waals surface area contributed by atoms with Crippen molar-refractivity contribution in [2.45, 2.75) is 26.5 Å². The molecule has 1 amide bonds. The number of ether oxygens (including phenoxy) is 2. The first-order valence-electron chi connectivity index (χ1n) is 5.77. The van der Waals surface area contributed by atoms with Gasteiger partial charge in [-0.2, -0.15) is 0 Å². The lowest BCUT2D eigenvalue weighted by atomic mass is 10.2. The van der Waals surface area contributed by atoms with Gasteiger partial charge in [0.05, 0.1) is 6.61 Å². The van der Waals surface area contributed by atoms with Gasteiger partial charge in [-0.05, 0) is 19.4 Å². The fraction of sp³-hybridized carbons (Fsp3) is 0.385. The van der Waals surface area contributed by atoms with Crippen molar-refractivity contribution in [3.63, 3.8) is 0 Å². The molecule has 0 saturated heterocycles. The van der Waals surface area contributed by atoms with E-state index in [1.54, 1.807) is 13.8 Å². The summed E-state index contributed by atoms with van der Waals surface area (Å²) in [6.07, 6.45) is -0.639. The Morgan fingerprint density at radius 2 is 1.89 bits per heavy atom. The van der Waals surface area contributed by atoms with Gasteiger partial charge in [0.25, 0.3) is 0 Å². The molecule has 0 aliphatic carbocycles. The van der Waals surface area contributed by atoms with Crippen LogP contribution in [-0.4, -0.2) is 24.7 Å². The lowest BCUT2D eigenvalue weighted by molar-refractivity contribution is -0.145. The zero-order valence-corrected chi connectivity index (χ0v) is 10.5. The molecule has 18 heavy (non-hydrogen) atoms. The van der Waals surface area contributed by atoms with Crippen molar-refractivity contribution in [3.8, 4) is 0 Å². The van der Waals surface area contributed by atoms with E-state index in [1.807, 2.05) is 30.3 Å². The van der Waals surface area contributed by atoms with Crippen molar-refractivity contribution in [1.29, 1.82) is 0 Å². The molecule has 0 unspecified atom stereocenters. The van der Waals surface area contributed by atoms with Gasteiger partial charge in [0.15, 0.2) is 0 Å². The van der Waals surface area contributed by atoms with Crippen molar-refractivity contribution in [2.75, 3.05) is 6.61 Å². The molecule has 5 heteroatoms. The minimum atomic E-state index is -0.715. The largest absolute Gasteiger partial charge is 0.464 e. The number of alkyl carbamates (subject to hydrolysis) is 1. The summed E-state index contributed by atoms with van der Waals surface area (Å²) in [7, 11) is 0. The van der Waals surface area contributed by atoms with Crippen LogP contribution in [0.15, 0.2) is 30.3 Å². The standard InChI is InChI=1S/C13H17NO4/c1-3-17-12(15)10(2)14-13(16)18-9-11-7-5-4-6-8-11/h4-8,10H,3,9H2,1-2H3,(H,14,16)/t10-/m1/s1. The van der Waals surface area contributed by atoms with Crippen molar-refractivity contribution >= 4 is 12.1 Å². The molecule has 0 aromatic heterocycles. The van der Waals surface area contributed by atoms with Gasteiger partial charge in [-0.15, -0.1) is 0 Å². The summed E-state index contributed by atoms with van der Waals surface area (Å²) >= 11 is 0. The van der Waals surface area contributed by atoms with Gasteiger partial charge in [0.1, 0.15) is 12.6 Å². The first-order chi connectivity index (χ1) is 8.63. The summed E-state index contributed by atoms with van der Waals surface area (Å²) in [6, 6.07) is 8.58. The number of esters is 1. The Hall–Kier alpha value is -2.04. The summed E-state index contributed by atoms with van der Waals surface area (Å²) in [5, 5.41) is 2.40. The smallest absolute Gasteiger partial charge is 0.408 e. The molecule has 0 aliphatic rings. The minimum absolute atomic E-state index is 0.169. The quantitative estimate of drug-likeness (QED) is 0.811. The third kappa shape index (κ3) is 4.86. The van der Waals surface area contributed by atoms with Crippen LogP contribution in [0.1, 0.15) is 19.4 Å². The molecule has 5 nitrogen and oxygen atoms in total.